The summed E-state index contributed by atoms with van der Waals surface area (Å²) in [6, 6.07) is 12.1. The van der Waals surface area contributed by atoms with Crippen molar-refractivity contribution >= 4 is 32.8 Å². The van der Waals surface area contributed by atoms with Crippen LogP contribution >= 0.6 is 11.6 Å². The third kappa shape index (κ3) is 4.33. The van der Waals surface area contributed by atoms with Gasteiger partial charge >= 0.3 is 0 Å². The van der Waals surface area contributed by atoms with Crippen LogP contribution in [0.3, 0.4) is 0 Å². The second-order valence-electron chi connectivity index (χ2n) is 8.16. The predicted molar refractivity (Wildman–Crippen MR) is 124 cm³/mol. The summed E-state index contributed by atoms with van der Waals surface area (Å²) in [4.78, 5) is 20.2. The Morgan fingerprint density at radius 2 is 1.97 bits per heavy atom. The Balaban J connectivity index is 1.45. The number of hydrogen-bond donors (Lipinski definition) is 1. The second-order valence-corrected chi connectivity index (χ2v) is 10.5. The molecule has 2 aromatic carbocycles. The van der Waals surface area contributed by atoms with E-state index in [1.807, 2.05) is 0 Å². The van der Waals surface area contributed by atoms with Gasteiger partial charge in [0.25, 0.3) is 5.56 Å². The number of aromatic nitrogens is 5. The van der Waals surface area contributed by atoms with Crippen molar-refractivity contribution in [1.29, 1.82) is 0 Å². The molecule has 1 fully saturated rings. The number of nitrogens with one attached hydrogen (secondary N) is 1. The van der Waals surface area contributed by atoms with Gasteiger partial charge < -0.3 is 4.98 Å². The van der Waals surface area contributed by atoms with Gasteiger partial charge in [-0.1, -0.05) is 35.0 Å². The van der Waals surface area contributed by atoms with Crippen LogP contribution in [0, 0.1) is 5.82 Å². The Bertz CT molecular complexity index is 1520. The zero-order valence-corrected chi connectivity index (χ0v) is 19.4. The summed E-state index contributed by atoms with van der Waals surface area (Å²) in [7, 11) is -3.75. The number of hydrogen-bond acceptors (Lipinski definition) is 6. The fraction of sp³-hybridized carbons (Fsp3) is 0.273. The van der Waals surface area contributed by atoms with Crippen LogP contribution in [0.1, 0.15) is 30.1 Å². The van der Waals surface area contributed by atoms with Gasteiger partial charge in [-0.15, -0.1) is 5.10 Å². The van der Waals surface area contributed by atoms with Crippen LogP contribution in [0.2, 0.25) is 5.02 Å². The molecule has 1 atom stereocenters. The van der Waals surface area contributed by atoms with Crippen LogP contribution in [0.15, 0.2) is 58.2 Å². The molecular weight excluding hydrogens is 483 g/mol. The molecule has 4 aromatic rings. The van der Waals surface area contributed by atoms with Gasteiger partial charge in [0, 0.05) is 24.0 Å². The first kappa shape index (κ1) is 22.6. The number of benzene rings is 2. The first-order chi connectivity index (χ1) is 16.3. The molecule has 0 bridgehead atoms. The van der Waals surface area contributed by atoms with Gasteiger partial charge in [-0.05, 0) is 48.7 Å². The highest BCUT2D eigenvalue weighted by Crippen LogP contribution is 2.29. The van der Waals surface area contributed by atoms with Gasteiger partial charge in [0.15, 0.2) is 11.2 Å². The van der Waals surface area contributed by atoms with Crippen LogP contribution in [-0.2, 0) is 16.6 Å². The predicted octanol–water partition coefficient (Wildman–Crippen LogP) is 2.92. The molecule has 1 aliphatic heterocycles. The number of piperidine rings is 1. The number of nitrogens with zero attached hydrogens (tertiary/aromatic N) is 5. The van der Waals surface area contributed by atoms with Crippen molar-refractivity contribution < 1.29 is 12.8 Å². The van der Waals surface area contributed by atoms with Crippen molar-refractivity contribution in [2.75, 3.05) is 13.1 Å². The lowest BCUT2D eigenvalue weighted by atomic mass is 9.99. The van der Waals surface area contributed by atoms with E-state index in [1.165, 1.54) is 33.3 Å². The molecule has 176 valence electrons. The van der Waals surface area contributed by atoms with Crippen molar-refractivity contribution in [2.24, 2.45) is 0 Å². The summed E-state index contributed by atoms with van der Waals surface area (Å²) < 4.78 is 42.4. The van der Waals surface area contributed by atoms with Crippen molar-refractivity contribution in [3.8, 4) is 0 Å². The molecule has 34 heavy (non-hydrogen) atoms. The fourth-order valence-electron chi connectivity index (χ4n) is 4.11. The smallest absolute Gasteiger partial charge is 0.281 e. The molecule has 0 amide bonds. The zero-order valence-electron chi connectivity index (χ0n) is 17.9. The van der Waals surface area contributed by atoms with Crippen LogP contribution < -0.4 is 5.56 Å². The van der Waals surface area contributed by atoms with Gasteiger partial charge in [0.2, 0.25) is 10.0 Å². The van der Waals surface area contributed by atoms with E-state index in [9.17, 15) is 17.6 Å². The van der Waals surface area contributed by atoms with Gasteiger partial charge in [-0.2, -0.15) is 4.31 Å². The summed E-state index contributed by atoms with van der Waals surface area (Å²) in [5, 5.41) is 8.31. The molecule has 1 N–H and O–H groups in total. The highest BCUT2D eigenvalue weighted by molar-refractivity contribution is 7.89. The number of fused-ring (bicyclic) bond motifs is 1. The van der Waals surface area contributed by atoms with Crippen LogP contribution in [0.5, 0.6) is 0 Å². The van der Waals surface area contributed by atoms with E-state index in [-0.39, 0.29) is 40.9 Å². The average molecular weight is 503 g/mol. The summed E-state index contributed by atoms with van der Waals surface area (Å²) in [6.45, 7) is 0.789. The van der Waals surface area contributed by atoms with Crippen molar-refractivity contribution in [2.45, 2.75) is 30.2 Å². The number of aromatic amines is 1. The minimum Gasteiger partial charge on any atom is -0.308 e. The number of H-pyrrole nitrogens is 1. The Hall–Kier alpha value is -3.15. The van der Waals surface area contributed by atoms with Gasteiger partial charge in [0.05, 0.1) is 11.4 Å². The highest BCUT2D eigenvalue weighted by Gasteiger charge is 2.32. The lowest BCUT2D eigenvalue weighted by Crippen LogP contribution is -2.39. The second kappa shape index (κ2) is 8.90. The SMILES string of the molecule is O=c1[nH]c([C@@H]2CCCN(S(=O)(=O)c3cccc(Cl)c3)C2)nc2c1nnn2Cc1ccc(F)cc1. The van der Waals surface area contributed by atoms with Crippen molar-refractivity contribution in [3.05, 3.63) is 81.1 Å². The molecule has 2 aromatic heterocycles. The lowest BCUT2D eigenvalue weighted by molar-refractivity contribution is 0.309. The molecular formula is C22H20ClFN6O3S. The zero-order chi connectivity index (χ0) is 23.9. The highest BCUT2D eigenvalue weighted by atomic mass is 35.5. The van der Waals surface area contributed by atoms with Gasteiger partial charge in [0.1, 0.15) is 11.6 Å². The summed E-state index contributed by atoms with van der Waals surface area (Å²) in [5.41, 5.74) is 0.705. The van der Waals surface area contributed by atoms with E-state index in [2.05, 4.69) is 20.3 Å². The maximum absolute atomic E-state index is 13.2. The molecule has 12 heteroatoms. The molecule has 0 aliphatic carbocycles. The minimum atomic E-state index is -3.75. The van der Waals surface area contributed by atoms with Crippen LogP contribution in [-0.4, -0.2) is 50.8 Å². The quantitative estimate of drug-likeness (QED) is 0.449. The first-order valence-electron chi connectivity index (χ1n) is 10.6. The monoisotopic (exact) mass is 502 g/mol. The average Bonchev–Trinajstić information content (AvgIpc) is 3.24. The van der Waals surface area contributed by atoms with E-state index < -0.39 is 15.6 Å². The third-order valence-corrected chi connectivity index (χ3v) is 7.94. The molecule has 0 unspecified atom stereocenters. The molecule has 1 saturated heterocycles. The van der Waals surface area contributed by atoms with Crippen LogP contribution in [0.25, 0.3) is 11.2 Å². The maximum Gasteiger partial charge on any atom is 0.281 e. The molecule has 0 spiro atoms. The Labute approximate surface area is 199 Å². The lowest BCUT2D eigenvalue weighted by Gasteiger charge is -2.31. The summed E-state index contributed by atoms with van der Waals surface area (Å²) in [5.74, 6) is -0.279. The molecule has 1 aliphatic rings. The Kier molecular flexibility index (Phi) is 5.92. The van der Waals surface area contributed by atoms with E-state index in [4.69, 9.17) is 11.6 Å². The molecule has 0 radical (unpaired) electrons. The van der Waals surface area contributed by atoms with Gasteiger partial charge in [-0.3, -0.25) is 4.79 Å². The number of sulfonamides is 1. The van der Waals surface area contributed by atoms with E-state index in [0.29, 0.717) is 30.2 Å². The van der Waals surface area contributed by atoms with E-state index in [0.717, 1.165) is 5.56 Å². The number of halogens is 2. The Morgan fingerprint density at radius 3 is 2.74 bits per heavy atom. The largest absolute Gasteiger partial charge is 0.308 e. The van der Waals surface area contributed by atoms with Crippen molar-refractivity contribution in [3.63, 3.8) is 0 Å². The minimum absolute atomic E-state index is 0.0880. The van der Waals surface area contributed by atoms with E-state index in [1.54, 1.807) is 24.3 Å². The Morgan fingerprint density at radius 1 is 1.18 bits per heavy atom. The molecule has 5 rings (SSSR count). The third-order valence-electron chi connectivity index (χ3n) is 5.84. The van der Waals surface area contributed by atoms with Crippen molar-refractivity contribution in [1.82, 2.24) is 29.3 Å². The first-order valence-corrected chi connectivity index (χ1v) is 12.5. The molecule has 0 saturated carbocycles. The molecule has 9 nitrogen and oxygen atoms in total. The standard InChI is InChI=1S/C22H20ClFN6O3S/c23-16-4-1-5-18(11-16)34(32,33)29-10-2-3-15(13-29)20-25-21-19(22(31)26-20)27-28-30(21)12-14-6-8-17(24)9-7-14/h1,4-9,11,15H,2-3,10,12-13H2,(H,25,26,31)/t15-/m1/s1. The maximum atomic E-state index is 13.2. The topological polar surface area (TPSA) is 114 Å². The van der Waals surface area contributed by atoms with E-state index >= 15 is 0 Å². The van der Waals surface area contributed by atoms with Crippen LogP contribution in [0.4, 0.5) is 4.39 Å². The molecule has 3 heterocycles. The van der Waals surface area contributed by atoms with Gasteiger partial charge in [-0.25, -0.2) is 22.5 Å². The summed E-state index contributed by atoms with van der Waals surface area (Å²) >= 11 is 5.99. The normalized spacial score (nSPS) is 17.3. The fourth-order valence-corrected chi connectivity index (χ4v) is 5.93. The number of rotatable bonds is 5. The summed E-state index contributed by atoms with van der Waals surface area (Å²) in [6.07, 6.45) is 1.27.